The number of aromatic carboxylic acids is 1. The molecule has 0 atom stereocenters. The van der Waals surface area contributed by atoms with Gasteiger partial charge in [0.25, 0.3) is 0 Å². The third-order valence-electron chi connectivity index (χ3n) is 3.59. The Bertz CT molecular complexity index is 482. The van der Waals surface area contributed by atoms with E-state index in [0.717, 1.165) is 5.56 Å². The van der Waals surface area contributed by atoms with Gasteiger partial charge in [-0.2, -0.15) is 0 Å². The molecule has 0 bridgehead atoms. The maximum atomic E-state index is 12.0. The van der Waals surface area contributed by atoms with E-state index < -0.39 is 11.5 Å². The topological polar surface area (TPSA) is 92.4 Å². The van der Waals surface area contributed by atoms with Crippen LogP contribution in [0, 0.1) is 0 Å². The summed E-state index contributed by atoms with van der Waals surface area (Å²) in [4.78, 5) is 22.8. The highest BCUT2D eigenvalue weighted by Gasteiger charge is 2.29. The van der Waals surface area contributed by atoms with Crippen LogP contribution in [-0.2, 0) is 11.2 Å². The standard InChI is InChI=1S/C15H22N2O3/c1-3-15(16,4-2)14(20)17-9-8-11-6-5-7-12(10-11)13(18)19/h5-7,10H,3-4,8-9,16H2,1-2H3,(H,17,20)(H,18,19). The number of benzene rings is 1. The molecule has 0 aromatic heterocycles. The van der Waals surface area contributed by atoms with Crippen molar-refractivity contribution in [2.45, 2.75) is 38.6 Å². The van der Waals surface area contributed by atoms with E-state index in [4.69, 9.17) is 10.8 Å². The summed E-state index contributed by atoms with van der Waals surface area (Å²) in [5.74, 6) is -1.11. The van der Waals surface area contributed by atoms with Crippen molar-refractivity contribution in [1.29, 1.82) is 0 Å². The fourth-order valence-corrected chi connectivity index (χ4v) is 1.93. The second-order valence-electron chi connectivity index (χ2n) is 4.87. The maximum absolute atomic E-state index is 12.0. The van der Waals surface area contributed by atoms with Gasteiger partial charge in [0.15, 0.2) is 0 Å². The highest BCUT2D eigenvalue weighted by atomic mass is 16.4. The Kier molecular flexibility index (Phi) is 5.70. The summed E-state index contributed by atoms with van der Waals surface area (Å²) in [6.45, 7) is 4.22. The molecule has 5 heteroatoms. The number of carbonyl (C=O) groups is 2. The van der Waals surface area contributed by atoms with Gasteiger partial charge in [-0.05, 0) is 37.0 Å². The molecule has 1 rings (SSSR count). The van der Waals surface area contributed by atoms with Gasteiger partial charge in [0.1, 0.15) is 0 Å². The average molecular weight is 278 g/mol. The molecule has 0 fully saturated rings. The normalized spacial score (nSPS) is 11.2. The van der Waals surface area contributed by atoms with Gasteiger partial charge in [0, 0.05) is 6.54 Å². The van der Waals surface area contributed by atoms with Gasteiger partial charge >= 0.3 is 5.97 Å². The monoisotopic (exact) mass is 278 g/mol. The van der Waals surface area contributed by atoms with Crippen molar-refractivity contribution in [1.82, 2.24) is 5.32 Å². The van der Waals surface area contributed by atoms with Crippen molar-refractivity contribution in [3.63, 3.8) is 0 Å². The lowest BCUT2D eigenvalue weighted by Gasteiger charge is -2.25. The fraction of sp³-hybridized carbons (Fsp3) is 0.467. The number of nitrogens with one attached hydrogen (secondary N) is 1. The van der Waals surface area contributed by atoms with Crippen LogP contribution in [0.2, 0.25) is 0 Å². The van der Waals surface area contributed by atoms with E-state index in [2.05, 4.69) is 5.32 Å². The summed E-state index contributed by atoms with van der Waals surface area (Å²) in [5, 5.41) is 11.7. The zero-order chi connectivity index (χ0) is 15.2. The molecular weight excluding hydrogens is 256 g/mol. The van der Waals surface area contributed by atoms with Gasteiger partial charge in [0.2, 0.25) is 5.91 Å². The van der Waals surface area contributed by atoms with Crippen LogP contribution in [0.4, 0.5) is 0 Å². The van der Waals surface area contributed by atoms with E-state index in [1.54, 1.807) is 18.2 Å². The Hall–Kier alpha value is -1.88. The zero-order valence-corrected chi connectivity index (χ0v) is 12.0. The number of nitrogens with two attached hydrogens (primary N) is 1. The SMILES string of the molecule is CCC(N)(CC)C(=O)NCCc1cccc(C(=O)O)c1. The van der Waals surface area contributed by atoms with Crippen molar-refractivity contribution in [3.05, 3.63) is 35.4 Å². The van der Waals surface area contributed by atoms with Crippen molar-refractivity contribution in [2.75, 3.05) is 6.54 Å². The van der Waals surface area contributed by atoms with E-state index in [1.807, 2.05) is 19.9 Å². The minimum Gasteiger partial charge on any atom is -0.478 e. The Balaban J connectivity index is 2.55. The number of rotatable bonds is 7. The summed E-state index contributed by atoms with van der Waals surface area (Å²) in [7, 11) is 0. The van der Waals surface area contributed by atoms with E-state index in [1.165, 1.54) is 0 Å². The van der Waals surface area contributed by atoms with Crippen LogP contribution in [0.3, 0.4) is 0 Å². The maximum Gasteiger partial charge on any atom is 0.335 e. The lowest BCUT2D eigenvalue weighted by molar-refractivity contribution is -0.126. The first kappa shape index (κ1) is 16.2. The molecule has 0 aliphatic rings. The molecule has 0 spiro atoms. The van der Waals surface area contributed by atoms with Crippen LogP contribution in [0.1, 0.15) is 42.6 Å². The van der Waals surface area contributed by atoms with Gasteiger partial charge in [-0.15, -0.1) is 0 Å². The molecule has 5 nitrogen and oxygen atoms in total. The van der Waals surface area contributed by atoms with Crippen LogP contribution in [0.5, 0.6) is 0 Å². The molecule has 0 saturated heterocycles. The number of carbonyl (C=O) groups excluding carboxylic acids is 1. The predicted octanol–water partition coefficient (Wildman–Crippen LogP) is 1.56. The average Bonchev–Trinajstić information content (AvgIpc) is 2.46. The number of hydrogen-bond donors (Lipinski definition) is 3. The van der Waals surface area contributed by atoms with Crippen molar-refractivity contribution < 1.29 is 14.7 Å². The highest BCUT2D eigenvalue weighted by molar-refractivity contribution is 5.87. The van der Waals surface area contributed by atoms with Crippen LogP contribution < -0.4 is 11.1 Å². The minimum absolute atomic E-state index is 0.156. The Morgan fingerprint density at radius 2 is 1.95 bits per heavy atom. The largest absolute Gasteiger partial charge is 0.478 e. The molecule has 0 unspecified atom stereocenters. The fourth-order valence-electron chi connectivity index (χ4n) is 1.93. The first-order valence-corrected chi connectivity index (χ1v) is 6.82. The third-order valence-corrected chi connectivity index (χ3v) is 3.59. The zero-order valence-electron chi connectivity index (χ0n) is 12.0. The molecule has 0 radical (unpaired) electrons. The van der Waals surface area contributed by atoms with E-state index in [-0.39, 0.29) is 11.5 Å². The molecule has 20 heavy (non-hydrogen) atoms. The molecular formula is C15H22N2O3. The van der Waals surface area contributed by atoms with Crippen molar-refractivity contribution >= 4 is 11.9 Å². The van der Waals surface area contributed by atoms with Crippen LogP contribution in [0.25, 0.3) is 0 Å². The predicted molar refractivity (Wildman–Crippen MR) is 77.6 cm³/mol. The van der Waals surface area contributed by atoms with Crippen LogP contribution >= 0.6 is 0 Å². The number of hydrogen-bond acceptors (Lipinski definition) is 3. The van der Waals surface area contributed by atoms with E-state index in [0.29, 0.717) is 25.8 Å². The molecule has 0 heterocycles. The Labute approximate surface area is 119 Å². The lowest BCUT2D eigenvalue weighted by Crippen LogP contribution is -2.53. The minimum atomic E-state index is -0.950. The smallest absolute Gasteiger partial charge is 0.335 e. The summed E-state index contributed by atoms with van der Waals surface area (Å²) in [6.07, 6.45) is 1.75. The van der Waals surface area contributed by atoms with Crippen molar-refractivity contribution in [2.24, 2.45) is 5.73 Å². The van der Waals surface area contributed by atoms with E-state index >= 15 is 0 Å². The number of carboxylic acid groups (broad SMARTS) is 1. The molecule has 4 N–H and O–H groups in total. The van der Waals surface area contributed by atoms with E-state index in [9.17, 15) is 9.59 Å². The van der Waals surface area contributed by atoms with Gasteiger partial charge in [-0.3, -0.25) is 4.79 Å². The summed E-state index contributed by atoms with van der Waals surface area (Å²) in [6, 6.07) is 6.70. The van der Waals surface area contributed by atoms with Gasteiger partial charge < -0.3 is 16.2 Å². The summed E-state index contributed by atoms with van der Waals surface area (Å²) in [5.41, 5.74) is 6.31. The second-order valence-corrected chi connectivity index (χ2v) is 4.87. The summed E-state index contributed by atoms with van der Waals surface area (Å²) >= 11 is 0. The molecule has 1 aromatic rings. The van der Waals surface area contributed by atoms with Gasteiger partial charge in [-0.1, -0.05) is 26.0 Å². The van der Waals surface area contributed by atoms with Crippen LogP contribution in [0.15, 0.2) is 24.3 Å². The second kappa shape index (κ2) is 7.05. The van der Waals surface area contributed by atoms with Gasteiger partial charge in [-0.25, -0.2) is 4.79 Å². The molecule has 110 valence electrons. The van der Waals surface area contributed by atoms with Crippen LogP contribution in [-0.4, -0.2) is 29.1 Å². The Morgan fingerprint density at radius 1 is 1.30 bits per heavy atom. The lowest BCUT2D eigenvalue weighted by atomic mass is 9.93. The third kappa shape index (κ3) is 4.06. The highest BCUT2D eigenvalue weighted by Crippen LogP contribution is 2.11. The molecule has 0 aliphatic heterocycles. The number of carboxylic acids is 1. The first-order chi connectivity index (χ1) is 9.42. The Morgan fingerprint density at radius 3 is 2.50 bits per heavy atom. The molecule has 0 saturated carbocycles. The first-order valence-electron chi connectivity index (χ1n) is 6.82. The van der Waals surface area contributed by atoms with Gasteiger partial charge in [0.05, 0.1) is 11.1 Å². The molecule has 1 amide bonds. The molecule has 0 aliphatic carbocycles. The van der Waals surface area contributed by atoms with Crippen molar-refractivity contribution in [3.8, 4) is 0 Å². The summed E-state index contributed by atoms with van der Waals surface area (Å²) < 4.78 is 0. The molecule has 1 aromatic carbocycles. The number of amides is 1. The quantitative estimate of drug-likeness (QED) is 0.705.